The van der Waals surface area contributed by atoms with Gasteiger partial charge in [-0.15, -0.1) is 10.2 Å². The molecule has 0 fully saturated rings. The molecule has 0 atom stereocenters. The first-order valence-electron chi connectivity index (χ1n) is 15.8. The van der Waals surface area contributed by atoms with Gasteiger partial charge in [-0.2, -0.15) is 0 Å². The molecule has 3 aromatic heterocycles. The van der Waals surface area contributed by atoms with Crippen molar-refractivity contribution in [1.82, 2.24) is 19.7 Å². The third-order valence-electron chi connectivity index (χ3n) is 7.94. The minimum atomic E-state index is -1.52. The molecule has 0 spiro atoms. The maximum atomic E-state index is 8.98. The fourth-order valence-corrected chi connectivity index (χ4v) is 6.01. The zero-order valence-electron chi connectivity index (χ0n) is 26.9. The van der Waals surface area contributed by atoms with E-state index in [0.717, 1.165) is 60.8 Å². The van der Waals surface area contributed by atoms with Crippen LogP contribution >= 0.6 is 0 Å². The van der Waals surface area contributed by atoms with Gasteiger partial charge in [-0.1, -0.05) is 77.9 Å². The summed E-state index contributed by atoms with van der Waals surface area (Å²) in [5.41, 5.74) is 4.72. The van der Waals surface area contributed by atoms with Gasteiger partial charge in [-0.25, -0.2) is 0 Å². The van der Waals surface area contributed by atoms with Gasteiger partial charge in [-0.05, 0) is 70.4 Å². The molecule has 210 valence electrons. The normalized spacial score (nSPS) is 13.4. The van der Waals surface area contributed by atoms with Crippen LogP contribution in [0.25, 0.3) is 60.4 Å². The maximum Gasteiger partial charge on any atom is 0.161 e. The average molecular weight is 555 g/mol. The highest BCUT2D eigenvalue weighted by atomic mass is 16.3. The second-order valence-corrected chi connectivity index (χ2v) is 12.1. The number of hydrogen-bond acceptors (Lipinski definition) is 4. The van der Waals surface area contributed by atoms with Gasteiger partial charge < -0.3 is 4.42 Å². The van der Waals surface area contributed by atoms with E-state index < -0.39 is 6.37 Å². The number of nitrogens with zero attached hydrogens (tertiary/aromatic N) is 4. The van der Waals surface area contributed by atoms with Crippen molar-refractivity contribution in [1.29, 1.82) is 0 Å². The van der Waals surface area contributed by atoms with Crippen LogP contribution in [-0.2, 0) is 6.37 Å². The molecule has 0 aliphatic carbocycles. The largest absolute Gasteiger partial charge is 0.453 e. The molecule has 7 aromatic rings. The van der Waals surface area contributed by atoms with Crippen molar-refractivity contribution in [3.05, 3.63) is 96.2 Å². The fraction of sp³-hybridized carbons (Fsp3) is 0.270. The summed E-state index contributed by atoms with van der Waals surface area (Å²) in [5, 5.41) is 15.1. The molecule has 0 N–H and O–H groups in total. The van der Waals surface area contributed by atoms with Crippen molar-refractivity contribution in [2.75, 3.05) is 0 Å². The lowest BCUT2D eigenvalue weighted by atomic mass is 9.93. The predicted octanol–water partition coefficient (Wildman–Crippen LogP) is 9.98. The Balaban J connectivity index is 1.48. The van der Waals surface area contributed by atoms with E-state index in [2.05, 4.69) is 78.9 Å². The van der Waals surface area contributed by atoms with Gasteiger partial charge in [0.25, 0.3) is 0 Å². The molecule has 3 heterocycles. The molecule has 7 rings (SSSR count). The maximum absolute atomic E-state index is 8.98. The Kier molecular flexibility index (Phi) is 5.80. The molecule has 0 bridgehead atoms. The molecule has 0 unspecified atom stereocenters. The molecule has 0 aliphatic heterocycles. The standard InChI is InChI=1S/C37H36N4O/c1-21(2)17-26-19-27(18-25-9-7-8-10-29(25)26)33-35-31(15-16-38-33)30-14-12-24-11-13-28(20-32(24)34(30)42-35)41-36(22(3)4)39-40-37(41)23(5)6/h7-16,18-23H,17H2,1-6H3/i17D2. The smallest absolute Gasteiger partial charge is 0.161 e. The van der Waals surface area contributed by atoms with Gasteiger partial charge in [-0.3, -0.25) is 9.55 Å². The molecular formula is C37H36N4O. The summed E-state index contributed by atoms with van der Waals surface area (Å²) >= 11 is 0. The molecule has 5 heteroatoms. The minimum absolute atomic E-state index is 0.199. The van der Waals surface area contributed by atoms with Gasteiger partial charge in [0.1, 0.15) is 22.9 Å². The van der Waals surface area contributed by atoms with Crippen LogP contribution in [0, 0.1) is 5.92 Å². The number of rotatable bonds is 6. The first-order chi connectivity index (χ1) is 21.1. The Morgan fingerprint density at radius 1 is 0.714 bits per heavy atom. The highest BCUT2D eigenvalue weighted by Gasteiger charge is 2.21. The summed E-state index contributed by atoms with van der Waals surface area (Å²) in [6.07, 6.45) is 0.302. The Labute approximate surface area is 249 Å². The van der Waals surface area contributed by atoms with Crippen molar-refractivity contribution in [2.45, 2.75) is 59.8 Å². The van der Waals surface area contributed by atoms with Crippen LogP contribution in [0.15, 0.2) is 83.4 Å². The third-order valence-corrected chi connectivity index (χ3v) is 7.94. The molecule has 0 saturated heterocycles. The van der Waals surface area contributed by atoms with E-state index in [1.54, 1.807) is 0 Å². The SMILES string of the molecule is [2H]C([2H])(c1cc(-c2nccc3c2oc2c4cc(-n5c(C(C)C)nnc5C(C)C)ccc4ccc32)cc2ccccc12)C(C)C. The molecule has 0 saturated carbocycles. The van der Waals surface area contributed by atoms with Gasteiger partial charge in [0.15, 0.2) is 5.58 Å². The van der Waals surface area contributed by atoms with Gasteiger partial charge >= 0.3 is 0 Å². The molecular weight excluding hydrogens is 516 g/mol. The quantitative estimate of drug-likeness (QED) is 0.205. The summed E-state index contributed by atoms with van der Waals surface area (Å²) in [7, 11) is 0. The van der Waals surface area contributed by atoms with E-state index in [1.807, 2.05) is 56.4 Å². The number of aromatic nitrogens is 4. The summed E-state index contributed by atoms with van der Waals surface area (Å²) in [4.78, 5) is 4.81. The van der Waals surface area contributed by atoms with Crippen LogP contribution in [0.4, 0.5) is 0 Å². The van der Waals surface area contributed by atoms with Crippen LogP contribution in [0.1, 0.15) is 73.3 Å². The summed E-state index contributed by atoms with van der Waals surface area (Å²) < 4.78 is 26.9. The van der Waals surface area contributed by atoms with Crippen LogP contribution in [0.3, 0.4) is 0 Å². The zero-order valence-corrected chi connectivity index (χ0v) is 24.9. The summed E-state index contributed by atoms with van der Waals surface area (Å²) in [5.74, 6) is 2.11. The van der Waals surface area contributed by atoms with E-state index in [0.29, 0.717) is 16.8 Å². The van der Waals surface area contributed by atoms with E-state index in [-0.39, 0.29) is 17.8 Å². The van der Waals surface area contributed by atoms with Gasteiger partial charge in [0, 0.05) is 48.2 Å². The molecule has 5 nitrogen and oxygen atoms in total. The Hall–Kier alpha value is -4.51. The van der Waals surface area contributed by atoms with Crippen molar-refractivity contribution in [3.8, 4) is 16.9 Å². The molecule has 0 aliphatic rings. The van der Waals surface area contributed by atoms with Gasteiger partial charge in [0.05, 0.1) is 0 Å². The second-order valence-electron chi connectivity index (χ2n) is 12.1. The predicted molar refractivity (Wildman–Crippen MR) is 174 cm³/mol. The van der Waals surface area contributed by atoms with Crippen LogP contribution in [0.5, 0.6) is 0 Å². The minimum Gasteiger partial charge on any atom is -0.453 e. The Morgan fingerprint density at radius 2 is 1.43 bits per heavy atom. The lowest BCUT2D eigenvalue weighted by Crippen LogP contribution is -2.08. The number of hydrogen-bond donors (Lipinski definition) is 0. The van der Waals surface area contributed by atoms with Crippen molar-refractivity contribution < 1.29 is 7.16 Å². The fourth-order valence-electron chi connectivity index (χ4n) is 6.01. The number of fused-ring (bicyclic) bond motifs is 6. The highest BCUT2D eigenvalue weighted by Crippen LogP contribution is 2.40. The van der Waals surface area contributed by atoms with Crippen molar-refractivity contribution in [3.63, 3.8) is 0 Å². The molecule has 0 radical (unpaired) electrons. The first-order valence-corrected chi connectivity index (χ1v) is 14.8. The van der Waals surface area contributed by atoms with Crippen LogP contribution < -0.4 is 0 Å². The van der Waals surface area contributed by atoms with E-state index in [9.17, 15) is 0 Å². The van der Waals surface area contributed by atoms with Crippen molar-refractivity contribution in [2.24, 2.45) is 5.92 Å². The Bertz CT molecular complexity index is 2180. The molecule has 0 amide bonds. The summed E-state index contributed by atoms with van der Waals surface area (Å²) in [6.45, 7) is 12.4. The molecule has 42 heavy (non-hydrogen) atoms. The van der Waals surface area contributed by atoms with Crippen molar-refractivity contribution >= 4 is 43.5 Å². The van der Waals surface area contributed by atoms with Crippen LogP contribution in [-0.4, -0.2) is 19.7 Å². The number of benzene rings is 4. The third kappa shape index (κ3) is 4.27. The second kappa shape index (κ2) is 10.1. The number of furan rings is 1. The topological polar surface area (TPSA) is 56.7 Å². The lowest BCUT2D eigenvalue weighted by molar-refractivity contribution is 0.650. The van der Waals surface area contributed by atoms with Crippen LogP contribution in [0.2, 0.25) is 0 Å². The van der Waals surface area contributed by atoms with E-state index >= 15 is 0 Å². The lowest BCUT2D eigenvalue weighted by Gasteiger charge is -2.15. The summed E-state index contributed by atoms with van der Waals surface area (Å²) in [6, 6.07) is 24.7. The van der Waals surface area contributed by atoms with E-state index in [4.69, 9.17) is 12.1 Å². The monoisotopic (exact) mass is 554 g/mol. The average Bonchev–Trinajstić information content (AvgIpc) is 3.63. The van der Waals surface area contributed by atoms with E-state index in [1.165, 1.54) is 0 Å². The Morgan fingerprint density at radius 3 is 2.17 bits per heavy atom. The first kappa shape index (κ1) is 24.1. The van der Waals surface area contributed by atoms with Gasteiger partial charge in [0.2, 0.25) is 0 Å². The molecule has 4 aromatic carbocycles. The number of pyridine rings is 1. The highest BCUT2D eigenvalue weighted by molar-refractivity contribution is 6.17. The zero-order chi connectivity index (χ0) is 30.9.